The van der Waals surface area contributed by atoms with Gasteiger partial charge in [0.05, 0.1) is 11.2 Å². The topological polar surface area (TPSA) is 28.2 Å². The Morgan fingerprint density at radius 3 is 2.75 bits per heavy atom. The van der Waals surface area contributed by atoms with Crippen molar-refractivity contribution in [2.45, 2.75) is 19.0 Å². The molecule has 3 rings (SSSR count). The summed E-state index contributed by atoms with van der Waals surface area (Å²) in [5, 5.41) is 4.62. The Hall–Kier alpha value is -0.870. The van der Waals surface area contributed by atoms with E-state index < -0.39 is 0 Å². The van der Waals surface area contributed by atoms with E-state index in [0.29, 0.717) is 6.04 Å². The van der Waals surface area contributed by atoms with Crippen molar-refractivity contribution in [1.82, 2.24) is 15.2 Å². The number of hydrogen-bond donors (Lipinski definition) is 1. The molecule has 1 aliphatic rings. The van der Waals surface area contributed by atoms with Crippen molar-refractivity contribution in [2.75, 3.05) is 20.1 Å². The van der Waals surface area contributed by atoms with Gasteiger partial charge >= 0.3 is 0 Å². The molecule has 5 heteroatoms. The van der Waals surface area contributed by atoms with Gasteiger partial charge in [0.25, 0.3) is 0 Å². The second-order valence-corrected chi connectivity index (χ2v) is 5.06. The predicted molar refractivity (Wildman–Crippen MR) is 89.0 cm³/mol. The Morgan fingerprint density at radius 2 is 2.00 bits per heavy atom. The highest BCUT2D eigenvalue weighted by atomic mass is 35.5. The third-order valence-electron chi connectivity index (χ3n) is 3.73. The van der Waals surface area contributed by atoms with Crippen LogP contribution in [0, 0.1) is 0 Å². The lowest BCUT2D eigenvalue weighted by atomic mass is 10.2. The molecule has 2 aromatic rings. The molecule has 110 valence electrons. The number of likely N-dealkylation sites (N-methyl/N-ethyl adjacent to an activating group) is 1. The molecule has 2 heterocycles. The van der Waals surface area contributed by atoms with E-state index in [4.69, 9.17) is 4.98 Å². The van der Waals surface area contributed by atoms with Crippen LogP contribution < -0.4 is 5.32 Å². The molecule has 1 aliphatic heterocycles. The lowest BCUT2D eigenvalue weighted by molar-refractivity contribution is 0.246. The zero-order valence-electron chi connectivity index (χ0n) is 11.6. The average Bonchev–Trinajstić information content (AvgIpc) is 2.92. The molecule has 0 spiro atoms. The van der Waals surface area contributed by atoms with Crippen LogP contribution in [0.4, 0.5) is 0 Å². The third-order valence-corrected chi connectivity index (χ3v) is 3.73. The quantitative estimate of drug-likeness (QED) is 0.944. The van der Waals surface area contributed by atoms with Gasteiger partial charge in [0.1, 0.15) is 0 Å². The summed E-state index contributed by atoms with van der Waals surface area (Å²) in [6, 6.07) is 13.2. The molecule has 20 heavy (non-hydrogen) atoms. The molecular formula is C15H21Cl2N3. The Bertz CT molecular complexity index is 541. The molecular weight excluding hydrogens is 293 g/mol. The van der Waals surface area contributed by atoms with Crippen molar-refractivity contribution in [1.29, 1.82) is 0 Å². The molecule has 1 N–H and O–H groups in total. The first-order valence-corrected chi connectivity index (χ1v) is 6.58. The Kier molecular flexibility index (Phi) is 6.69. The van der Waals surface area contributed by atoms with Crippen LogP contribution in [0.15, 0.2) is 36.4 Å². The molecule has 0 radical (unpaired) electrons. The Morgan fingerprint density at radius 1 is 1.20 bits per heavy atom. The van der Waals surface area contributed by atoms with Gasteiger partial charge in [-0.15, -0.1) is 24.8 Å². The average molecular weight is 314 g/mol. The zero-order valence-corrected chi connectivity index (χ0v) is 13.2. The zero-order chi connectivity index (χ0) is 12.4. The monoisotopic (exact) mass is 313 g/mol. The number of pyridine rings is 1. The number of rotatable bonds is 3. The molecule has 3 nitrogen and oxygen atoms in total. The fourth-order valence-corrected chi connectivity index (χ4v) is 2.60. The summed E-state index contributed by atoms with van der Waals surface area (Å²) in [7, 11) is 2.19. The van der Waals surface area contributed by atoms with E-state index in [2.05, 4.69) is 47.6 Å². The fraction of sp³-hybridized carbons (Fsp3) is 0.400. The number of hydrogen-bond acceptors (Lipinski definition) is 3. The van der Waals surface area contributed by atoms with Crippen LogP contribution in [0.25, 0.3) is 10.9 Å². The van der Waals surface area contributed by atoms with E-state index in [1.165, 1.54) is 11.8 Å². The Balaban J connectivity index is 0.000001000. The minimum Gasteiger partial charge on any atom is -0.315 e. The van der Waals surface area contributed by atoms with Crippen molar-refractivity contribution >= 4 is 35.7 Å². The maximum absolute atomic E-state index is 4.72. The molecule has 1 unspecified atom stereocenters. The first-order valence-electron chi connectivity index (χ1n) is 6.58. The van der Waals surface area contributed by atoms with Crippen LogP contribution in [-0.2, 0) is 6.54 Å². The number of para-hydroxylation sites is 1. The number of halogens is 2. The van der Waals surface area contributed by atoms with E-state index in [1.807, 2.05) is 6.07 Å². The summed E-state index contributed by atoms with van der Waals surface area (Å²) in [5.74, 6) is 0. The normalized spacial score (nSPS) is 17.8. The summed E-state index contributed by atoms with van der Waals surface area (Å²) >= 11 is 0. The van der Waals surface area contributed by atoms with E-state index in [-0.39, 0.29) is 24.8 Å². The molecule has 1 saturated heterocycles. The molecule has 0 amide bonds. The van der Waals surface area contributed by atoms with Gasteiger partial charge in [0.2, 0.25) is 0 Å². The van der Waals surface area contributed by atoms with E-state index >= 15 is 0 Å². The highest BCUT2D eigenvalue weighted by molar-refractivity contribution is 5.85. The maximum Gasteiger partial charge on any atom is 0.0705 e. The van der Waals surface area contributed by atoms with Gasteiger partial charge in [-0.1, -0.05) is 24.3 Å². The highest BCUT2D eigenvalue weighted by Crippen LogP contribution is 2.14. The summed E-state index contributed by atoms with van der Waals surface area (Å²) in [6.45, 7) is 3.17. The lowest BCUT2D eigenvalue weighted by Crippen LogP contribution is -2.33. The van der Waals surface area contributed by atoms with Crippen LogP contribution >= 0.6 is 24.8 Å². The smallest absolute Gasteiger partial charge is 0.0705 e. The fourth-order valence-electron chi connectivity index (χ4n) is 2.60. The molecule has 1 aromatic heterocycles. The second kappa shape index (κ2) is 7.79. The Labute approximate surface area is 132 Å². The van der Waals surface area contributed by atoms with Gasteiger partial charge in [-0.25, -0.2) is 0 Å². The third kappa shape index (κ3) is 3.83. The highest BCUT2D eigenvalue weighted by Gasteiger charge is 2.19. The van der Waals surface area contributed by atoms with Crippen molar-refractivity contribution in [2.24, 2.45) is 0 Å². The van der Waals surface area contributed by atoms with Crippen molar-refractivity contribution in [3.05, 3.63) is 42.1 Å². The van der Waals surface area contributed by atoms with Crippen LogP contribution in [0.3, 0.4) is 0 Å². The summed E-state index contributed by atoms with van der Waals surface area (Å²) in [5.41, 5.74) is 2.25. The summed E-state index contributed by atoms with van der Waals surface area (Å²) in [6.07, 6.45) is 1.24. The number of aromatic nitrogens is 1. The van der Waals surface area contributed by atoms with Gasteiger partial charge in [-0.05, 0) is 32.1 Å². The molecule has 1 fully saturated rings. The summed E-state index contributed by atoms with van der Waals surface area (Å²) in [4.78, 5) is 7.12. The molecule has 1 aromatic carbocycles. The largest absolute Gasteiger partial charge is 0.315 e. The number of nitrogens with one attached hydrogen (secondary N) is 1. The van der Waals surface area contributed by atoms with Crippen LogP contribution in [-0.4, -0.2) is 36.1 Å². The maximum atomic E-state index is 4.72. The SMILES string of the molecule is CN(Cc1ccc2ccccc2n1)C1CCNC1.Cl.Cl. The standard InChI is InChI=1S/C15H19N3.2ClH/c1-18(14-8-9-16-10-14)11-13-7-6-12-4-2-3-5-15(12)17-13;;/h2-7,14,16H,8-11H2,1H3;2*1H. The second-order valence-electron chi connectivity index (χ2n) is 5.06. The number of benzene rings is 1. The predicted octanol–water partition coefficient (Wildman–Crippen LogP) is 2.87. The minimum atomic E-state index is 0. The van der Waals surface area contributed by atoms with Crippen LogP contribution in [0.2, 0.25) is 0 Å². The van der Waals surface area contributed by atoms with Gasteiger partial charge in [0, 0.05) is 24.5 Å². The first kappa shape index (κ1) is 17.2. The van der Waals surface area contributed by atoms with Gasteiger partial charge in [0.15, 0.2) is 0 Å². The summed E-state index contributed by atoms with van der Waals surface area (Å²) < 4.78 is 0. The van der Waals surface area contributed by atoms with Gasteiger partial charge in [-0.2, -0.15) is 0 Å². The molecule has 0 aliphatic carbocycles. The van der Waals surface area contributed by atoms with Gasteiger partial charge in [-0.3, -0.25) is 9.88 Å². The molecule has 0 saturated carbocycles. The van der Waals surface area contributed by atoms with Crippen molar-refractivity contribution in [3.63, 3.8) is 0 Å². The first-order chi connectivity index (χ1) is 8.83. The van der Waals surface area contributed by atoms with Crippen molar-refractivity contribution < 1.29 is 0 Å². The van der Waals surface area contributed by atoms with Crippen LogP contribution in [0.1, 0.15) is 12.1 Å². The van der Waals surface area contributed by atoms with E-state index in [1.54, 1.807) is 0 Å². The molecule has 1 atom stereocenters. The van der Waals surface area contributed by atoms with Gasteiger partial charge < -0.3 is 5.32 Å². The van der Waals surface area contributed by atoms with E-state index in [9.17, 15) is 0 Å². The number of fused-ring (bicyclic) bond motifs is 1. The van der Waals surface area contributed by atoms with E-state index in [0.717, 1.165) is 30.8 Å². The minimum absolute atomic E-state index is 0. The van der Waals surface area contributed by atoms with Crippen molar-refractivity contribution in [3.8, 4) is 0 Å². The molecule has 0 bridgehead atoms. The van der Waals surface area contributed by atoms with Crippen LogP contribution in [0.5, 0.6) is 0 Å². The lowest BCUT2D eigenvalue weighted by Gasteiger charge is -2.22. The number of nitrogens with zero attached hydrogens (tertiary/aromatic N) is 2.